The lowest BCUT2D eigenvalue weighted by Crippen LogP contribution is -2.27. The van der Waals surface area contributed by atoms with Crippen LogP contribution in [0, 0.1) is 13.8 Å². The SMILES string of the molecule is CCC(CCNS(=O)(=O)c1c(C)nn(C(F)F)c1C)n1cc(Cl)cn1. The molecule has 0 spiro atoms. The Morgan fingerprint density at radius 3 is 2.52 bits per heavy atom. The molecule has 0 radical (unpaired) electrons. The first-order chi connectivity index (χ1) is 11.7. The third kappa shape index (κ3) is 4.36. The topological polar surface area (TPSA) is 81.8 Å². The Kier molecular flexibility index (Phi) is 6.17. The van der Waals surface area contributed by atoms with Crippen molar-refractivity contribution < 1.29 is 17.2 Å². The van der Waals surface area contributed by atoms with Crippen molar-refractivity contribution in [3.05, 3.63) is 28.8 Å². The molecule has 140 valence electrons. The highest BCUT2D eigenvalue weighted by molar-refractivity contribution is 7.89. The van der Waals surface area contributed by atoms with Gasteiger partial charge in [-0.05, 0) is 26.7 Å². The first-order valence-electron chi connectivity index (χ1n) is 7.70. The first kappa shape index (κ1) is 19.8. The molecule has 0 saturated carbocycles. The van der Waals surface area contributed by atoms with Crippen LogP contribution < -0.4 is 4.72 Å². The first-order valence-corrected chi connectivity index (χ1v) is 9.56. The summed E-state index contributed by atoms with van der Waals surface area (Å²) < 4.78 is 55.2. The lowest BCUT2D eigenvalue weighted by atomic mass is 10.1. The van der Waals surface area contributed by atoms with E-state index in [1.165, 1.54) is 20.0 Å². The van der Waals surface area contributed by atoms with E-state index in [4.69, 9.17) is 11.6 Å². The molecular formula is C14H20ClF2N5O2S. The van der Waals surface area contributed by atoms with Gasteiger partial charge in [0.05, 0.1) is 28.6 Å². The molecule has 7 nitrogen and oxygen atoms in total. The van der Waals surface area contributed by atoms with Crippen LogP contribution in [0.25, 0.3) is 0 Å². The quantitative estimate of drug-likeness (QED) is 0.744. The third-order valence-corrected chi connectivity index (χ3v) is 5.80. The second-order valence-electron chi connectivity index (χ2n) is 5.61. The van der Waals surface area contributed by atoms with Crippen LogP contribution in [0.1, 0.15) is 43.7 Å². The van der Waals surface area contributed by atoms with Crippen LogP contribution in [0.15, 0.2) is 17.3 Å². The van der Waals surface area contributed by atoms with Crippen LogP contribution in [0.5, 0.6) is 0 Å². The summed E-state index contributed by atoms with van der Waals surface area (Å²) in [5.41, 5.74) is -0.0536. The van der Waals surface area contributed by atoms with Crippen LogP contribution in [-0.2, 0) is 10.0 Å². The molecule has 0 saturated heterocycles. The molecule has 2 aromatic rings. The van der Waals surface area contributed by atoms with Crippen molar-refractivity contribution >= 4 is 21.6 Å². The molecule has 0 aliphatic carbocycles. The summed E-state index contributed by atoms with van der Waals surface area (Å²) in [5, 5.41) is 8.23. The van der Waals surface area contributed by atoms with Crippen LogP contribution in [0.4, 0.5) is 8.78 Å². The highest BCUT2D eigenvalue weighted by Gasteiger charge is 2.27. The van der Waals surface area contributed by atoms with Crippen molar-refractivity contribution in [2.75, 3.05) is 6.54 Å². The summed E-state index contributed by atoms with van der Waals surface area (Å²) in [6, 6.07) is -0.0267. The highest BCUT2D eigenvalue weighted by Crippen LogP contribution is 2.24. The Morgan fingerprint density at radius 2 is 2.04 bits per heavy atom. The molecule has 0 aliphatic heterocycles. The van der Waals surface area contributed by atoms with Crippen molar-refractivity contribution in [1.29, 1.82) is 0 Å². The summed E-state index contributed by atoms with van der Waals surface area (Å²) in [6.07, 6.45) is 4.40. The third-order valence-electron chi connectivity index (χ3n) is 3.90. The van der Waals surface area contributed by atoms with E-state index < -0.39 is 16.6 Å². The lowest BCUT2D eigenvalue weighted by molar-refractivity contribution is 0.0538. The number of halogens is 3. The van der Waals surface area contributed by atoms with Gasteiger partial charge in [-0.1, -0.05) is 18.5 Å². The Balaban J connectivity index is 2.09. The second kappa shape index (κ2) is 7.79. The van der Waals surface area contributed by atoms with Crippen molar-refractivity contribution in [2.45, 2.75) is 51.1 Å². The molecule has 2 aromatic heterocycles. The van der Waals surface area contributed by atoms with E-state index in [1.807, 2.05) is 6.92 Å². The summed E-state index contributed by atoms with van der Waals surface area (Å²) >= 11 is 5.85. The van der Waals surface area contributed by atoms with E-state index >= 15 is 0 Å². The number of aromatic nitrogens is 4. The average molecular weight is 396 g/mol. The molecular weight excluding hydrogens is 376 g/mol. The molecule has 2 heterocycles. The van der Waals surface area contributed by atoms with Gasteiger partial charge >= 0.3 is 6.55 Å². The van der Waals surface area contributed by atoms with Gasteiger partial charge in [0.1, 0.15) is 4.90 Å². The maximum absolute atomic E-state index is 12.9. The maximum atomic E-state index is 12.9. The lowest BCUT2D eigenvalue weighted by Gasteiger charge is -2.16. The molecule has 1 N–H and O–H groups in total. The maximum Gasteiger partial charge on any atom is 0.333 e. The van der Waals surface area contributed by atoms with E-state index in [-0.39, 0.29) is 28.9 Å². The standard InChI is InChI=1S/C14H20ClF2N5O2S/c1-4-12(21-8-11(15)7-18-21)5-6-19-25(23,24)13-9(2)20-22(10(13)3)14(16)17/h7-8,12,14,19H,4-6H2,1-3H3. The monoisotopic (exact) mass is 395 g/mol. The number of nitrogens with one attached hydrogen (secondary N) is 1. The molecule has 0 bridgehead atoms. The summed E-state index contributed by atoms with van der Waals surface area (Å²) in [5.74, 6) is 0. The van der Waals surface area contributed by atoms with Crippen LogP contribution in [0.3, 0.4) is 0 Å². The van der Waals surface area contributed by atoms with E-state index in [0.717, 1.165) is 6.42 Å². The van der Waals surface area contributed by atoms with Crippen molar-refractivity contribution in [1.82, 2.24) is 24.3 Å². The van der Waals surface area contributed by atoms with Gasteiger partial charge in [0.25, 0.3) is 0 Å². The van der Waals surface area contributed by atoms with E-state index in [0.29, 0.717) is 16.1 Å². The number of nitrogens with zero attached hydrogens (tertiary/aromatic N) is 4. The van der Waals surface area contributed by atoms with Gasteiger partial charge in [0.15, 0.2) is 0 Å². The minimum Gasteiger partial charge on any atom is -0.268 e. The Bertz CT molecular complexity index is 834. The van der Waals surface area contributed by atoms with E-state index in [1.54, 1.807) is 10.9 Å². The molecule has 0 aliphatic rings. The molecule has 11 heteroatoms. The van der Waals surface area contributed by atoms with Gasteiger partial charge in [-0.2, -0.15) is 19.0 Å². The van der Waals surface area contributed by atoms with E-state index in [2.05, 4.69) is 14.9 Å². The number of alkyl halides is 2. The fourth-order valence-electron chi connectivity index (χ4n) is 2.70. The zero-order valence-corrected chi connectivity index (χ0v) is 15.7. The molecule has 2 rings (SSSR count). The molecule has 25 heavy (non-hydrogen) atoms. The largest absolute Gasteiger partial charge is 0.333 e. The van der Waals surface area contributed by atoms with Crippen LogP contribution >= 0.6 is 11.6 Å². The van der Waals surface area contributed by atoms with E-state index in [9.17, 15) is 17.2 Å². The highest BCUT2D eigenvalue weighted by atomic mass is 35.5. The number of sulfonamides is 1. The van der Waals surface area contributed by atoms with Gasteiger partial charge in [-0.25, -0.2) is 17.8 Å². The normalized spacial score (nSPS) is 13.6. The van der Waals surface area contributed by atoms with Crippen LogP contribution in [0.2, 0.25) is 5.02 Å². The Morgan fingerprint density at radius 1 is 1.36 bits per heavy atom. The second-order valence-corrected chi connectivity index (χ2v) is 7.75. The fraction of sp³-hybridized carbons (Fsp3) is 0.571. The van der Waals surface area contributed by atoms with Gasteiger partial charge in [0.2, 0.25) is 10.0 Å². The van der Waals surface area contributed by atoms with Crippen molar-refractivity contribution in [3.63, 3.8) is 0 Å². The van der Waals surface area contributed by atoms with Gasteiger partial charge < -0.3 is 0 Å². The number of aryl methyl sites for hydroxylation is 1. The molecule has 1 atom stereocenters. The molecule has 1 unspecified atom stereocenters. The Hall–Kier alpha value is -1.52. The van der Waals surface area contributed by atoms with Crippen LogP contribution in [-0.4, -0.2) is 34.5 Å². The number of hydrogen-bond donors (Lipinski definition) is 1. The van der Waals surface area contributed by atoms with Crippen molar-refractivity contribution in [2.24, 2.45) is 0 Å². The predicted molar refractivity (Wildman–Crippen MR) is 89.3 cm³/mol. The summed E-state index contributed by atoms with van der Waals surface area (Å²) in [6.45, 7) is 1.89. The van der Waals surface area contributed by atoms with Gasteiger partial charge in [-0.15, -0.1) is 0 Å². The van der Waals surface area contributed by atoms with Gasteiger partial charge in [-0.3, -0.25) is 4.68 Å². The summed E-state index contributed by atoms with van der Waals surface area (Å²) in [4.78, 5) is -0.206. The zero-order valence-electron chi connectivity index (χ0n) is 14.1. The average Bonchev–Trinajstić information content (AvgIpc) is 3.07. The molecule has 0 fully saturated rings. The number of hydrogen-bond acceptors (Lipinski definition) is 4. The summed E-state index contributed by atoms with van der Waals surface area (Å²) in [7, 11) is -3.94. The Labute approximate surface area is 150 Å². The fourth-order valence-corrected chi connectivity index (χ4v) is 4.28. The van der Waals surface area contributed by atoms with Gasteiger partial charge in [0, 0.05) is 12.7 Å². The molecule has 0 aromatic carbocycles. The minimum atomic E-state index is -3.94. The van der Waals surface area contributed by atoms with Crippen molar-refractivity contribution in [3.8, 4) is 0 Å². The molecule has 0 amide bonds. The number of rotatable bonds is 8. The smallest absolute Gasteiger partial charge is 0.268 e. The predicted octanol–water partition coefficient (Wildman–Crippen LogP) is 3.06. The minimum absolute atomic E-state index is 0.0267. The zero-order chi connectivity index (χ0) is 18.8.